The Hall–Kier alpha value is -3.48. The van der Waals surface area contributed by atoms with Crippen molar-refractivity contribution in [3.63, 3.8) is 0 Å². The molecule has 1 aromatic carbocycles. The number of carbonyl (C=O) groups excluding carboxylic acids is 1. The minimum Gasteiger partial charge on any atom is -0.480 e. The van der Waals surface area contributed by atoms with Gasteiger partial charge in [-0.25, -0.2) is 4.79 Å². The van der Waals surface area contributed by atoms with E-state index >= 15 is 0 Å². The molecule has 0 saturated heterocycles. The van der Waals surface area contributed by atoms with Crippen LogP contribution in [0, 0.1) is 0 Å². The van der Waals surface area contributed by atoms with E-state index in [0.717, 1.165) is 11.1 Å². The highest BCUT2D eigenvalue weighted by Gasteiger charge is 2.36. The molecule has 0 aliphatic carbocycles. The standard InChI is InChI=1S/C19H15N3O4/c23-18(15-9-17(26-21-15)13-6-3-7-20-10-13)22-11-14-5-2-1-4-12(14)8-16(22)19(24)25/h1-7,9-10,16H,8,11H2,(H,24,25). The minimum atomic E-state index is -1.04. The smallest absolute Gasteiger partial charge is 0.326 e. The number of hydrogen-bond donors (Lipinski definition) is 1. The number of fused-ring (bicyclic) bond motifs is 1. The number of pyridine rings is 1. The molecule has 0 bridgehead atoms. The van der Waals surface area contributed by atoms with E-state index in [-0.39, 0.29) is 18.7 Å². The number of hydrogen-bond acceptors (Lipinski definition) is 5. The van der Waals surface area contributed by atoms with Crippen molar-refractivity contribution >= 4 is 11.9 Å². The highest BCUT2D eigenvalue weighted by molar-refractivity contribution is 5.96. The molecular formula is C19H15N3O4. The molecule has 0 radical (unpaired) electrons. The zero-order chi connectivity index (χ0) is 18.1. The number of carboxylic acid groups (broad SMARTS) is 1. The van der Waals surface area contributed by atoms with E-state index in [1.165, 1.54) is 11.0 Å². The van der Waals surface area contributed by atoms with Crippen LogP contribution in [-0.2, 0) is 17.8 Å². The monoisotopic (exact) mass is 349 g/mol. The lowest BCUT2D eigenvalue weighted by molar-refractivity contribution is -0.142. The SMILES string of the molecule is O=C(O)C1Cc2ccccc2CN1C(=O)c1cc(-c2cccnc2)on1. The van der Waals surface area contributed by atoms with Gasteiger partial charge in [0.15, 0.2) is 11.5 Å². The van der Waals surface area contributed by atoms with Crippen molar-refractivity contribution in [1.29, 1.82) is 0 Å². The maximum Gasteiger partial charge on any atom is 0.326 e. The molecule has 0 saturated carbocycles. The van der Waals surface area contributed by atoms with Gasteiger partial charge in [0.2, 0.25) is 0 Å². The van der Waals surface area contributed by atoms with Crippen LogP contribution in [0.1, 0.15) is 21.6 Å². The van der Waals surface area contributed by atoms with E-state index in [1.807, 2.05) is 24.3 Å². The largest absolute Gasteiger partial charge is 0.480 e. The maximum absolute atomic E-state index is 12.9. The Balaban J connectivity index is 1.65. The third kappa shape index (κ3) is 2.83. The maximum atomic E-state index is 12.9. The lowest BCUT2D eigenvalue weighted by Gasteiger charge is -2.33. The van der Waals surface area contributed by atoms with Gasteiger partial charge in [0.25, 0.3) is 5.91 Å². The van der Waals surface area contributed by atoms with Gasteiger partial charge in [0.05, 0.1) is 0 Å². The van der Waals surface area contributed by atoms with Crippen LogP contribution in [0.2, 0.25) is 0 Å². The van der Waals surface area contributed by atoms with Gasteiger partial charge < -0.3 is 14.5 Å². The summed E-state index contributed by atoms with van der Waals surface area (Å²) in [5, 5.41) is 13.4. The number of carbonyl (C=O) groups is 2. The van der Waals surface area contributed by atoms with Crippen molar-refractivity contribution in [2.75, 3.05) is 0 Å². The molecule has 1 unspecified atom stereocenters. The van der Waals surface area contributed by atoms with E-state index in [0.29, 0.717) is 11.3 Å². The van der Waals surface area contributed by atoms with E-state index in [1.54, 1.807) is 24.5 Å². The Labute approximate surface area is 148 Å². The average Bonchev–Trinajstić information content (AvgIpc) is 3.17. The first-order chi connectivity index (χ1) is 12.6. The molecule has 4 rings (SSSR count). The van der Waals surface area contributed by atoms with Crippen LogP contribution in [-0.4, -0.2) is 38.1 Å². The van der Waals surface area contributed by atoms with Crippen molar-refractivity contribution < 1.29 is 19.2 Å². The Kier molecular flexibility index (Phi) is 3.96. The summed E-state index contributed by atoms with van der Waals surface area (Å²) >= 11 is 0. The highest BCUT2D eigenvalue weighted by Crippen LogP contribution is 2.26. The van der Waals surface area contributed by atoms with Crippen LogP contribution in [0.3, 0.4) is 0 Å². The molecule has 130 valence electrons. The van der Waals surface area contributed by atoms with Crippen molar-refractivity contribution in [2.24, 2.45) is 0 Å². The van der Waals surface area contributed by atoms with Crippen molar-refractivity contribution in [3.8, 4) is 11.3 Å². The number of rotatable bonds is 3. The van der Waals surface area contributed by atoms with Crippen LogP contribution in [0.5, 0.6) is 0 Å². The topological polar surface area (TPSA) is 96.5 Å². The number of amides is 1. The predicted octanol–water partition coefficient (Wildman–Crippen LogP) is 2.39. The van der Waals surface area contributed by atoms with Crippen LogP contribution in [0.25, 0.3) is 11.3 Å². The van der Waals surface area contributed by atoms with Crippen molar-refractivity contribution in [2.45, 2.75) is 19.0 Å². The lowest BCUT2D eigenvalue weighted by Crippen LogP contribution is -2.48. The van der Waals surface area contributed by atoms with E-state index in [4.69, 9.17) is 4.52 Å². The van der Waals surface area contributed by atoms with E-state index in [2.05, 4.69) is 10.1 Å². The lowest BCUT2D eigenvalue weighted by atomic mass is 9.93. The first-order valence-corrected chi connectivity index (χ1v) is 8.11. The molecule has 1 aliphatic rings. The molecule has 1 aliphatic heterocycles. The van der Waals surface area contributed by atoms with Gasteiger partial charge >= 0.3 is 5.97 Å². The van der Waals surface area contributed by atoms with Crippen LogP contribution < -0.4 is 0 Å². The Morgan fingerprint density at radius 1 is 1.15 bits per heavy atom. The van der Waals surface area contributed by atoms with Gasteiger partial charge in [-0.3, -0.25) is 9.78 Å². The summed E-state index contributed by atoms with van der Waals surface area (Å²) < 4.78 is 5.24. The van der Waals surface area contributed by atoms with Gasteiger partial charge in [-0.05, 0) is 23.3 Å². The second-order valence-corrected chi connectivity index (χ2v) is 6.08. The second-order valence-electron chi connectivity index (χ2n) is 6.08. The summed E-state index contributed by atoms with van der Waals surface area (Å²) in [6.07, 6.45) is 3.51. The molecule has 1 amide bonds. The normalized spacial score (nSPS) is 16.2. The van der Waals surface area contributed by atoms with Gasteiger partial charge in [-0.1, -0.05) is 29.4 Å². The van der Waals surface area contributed by atoms with Crippen LogP contribution >= 0.6 is 0 Å². The number of nitrogens with zero attached hydrogens (tertiary/aromatic N) is 3. The van der Waals surface area contributed by atoms with Crippen molar-refractivity contribution in [1.82, 2.24) is 15.0 Å². The fourth-order valence-electron chi connectivity index (χ4n) is 3.12. The van der Waals surface area contributed by atoms with E-state index in [9.17, 15) is 14.7 Å². The first kappa shape index (κ1) is 16.0. The Bertz CT molecular complexity index is 968. The van der Waals surface area contributed by atoms with E-state index < -0.39 is 17.9 Å². The quantitative estimate of drug-likeness (QED) is 0.780. The Morgan fingerprint density at radius 2 is 1.96 bits per heavy atom. The molecule has 7 heteroatoms. The fourth-order valence-corrected chi connectivity index (χ4v) is 3.12. The molecule has 0 spiro atoms. The van der Waals surface area contributed by atoms with Gasteiger partial charge in [0.1, 0.15) is 6.04 Å². The number of aromatic nitrogens is 2. The van der Waals surface area contributed by atoms with Crippen LogP contribution in [0.4, 0.5) is 0 Å². The summed E-state index contributed by atoms with van der Waals surface area (Å²) in [6.45, 7) is 0.223. The third-order valence-corrected chi connectivity index (χ3v) is 4.47. The summed E-state index contributed by atoms with van der Waals surface area (Å²) in [5.41, 5.74) is 2.65. The minimum absolute atomic E-state index is 0.0782. The van der Waals surface area contributed by atoms with Crippen molar-refractivity contribution in [3.05, 3.63) is 71.7 Å². The molecule has 1 N–H and O–H groups in total. The predicted molar refractivity (Wildman–Crippen MR) is 91.2 cm³/mol. The van der Waals surface area contributed by atoms with Crippen LogP contribution in [0.15, 0.2) is 59.4 Å². The zero-order valence-electron chi connectivity index (χ0n) is 13.7. The molecule has 2 aromatic heterocycles. The molecule has 0 fully saturated rings. The number of carboxylic acids is 1. The molecule has 26 heavy (non-hydrogen) atoms. The first-order valence-electron chi connectivity index (χ1n) is 8.11. The third-order valence-electron chi connectivity index (χ3n) is 4.47. The Morgan fingerprint density at radius 3 is 2.69 bits per heavy atom. The summed E-state index contributed by atoms with van der Waals surface area (Å²) in [4.78, 5) is 29.9. The average molecular weight is 349 g/mol. The van der Waals surface area contributed by atoms with Gasteiger partial charge in [-0.15, -0.1) is 0 Å². The molecule has 3 aromatic rings. The fraction of sp³-hybridized carbons (Fsp3) is 0.158. The molecular weight excluding hydrogens is 334 g/mol. The summed E-state index contributed by atoms with van der Waals surface area (Å²) in [6, 6.07) is 11.7. The highest BCUT2D eigenvalue weighted by atomic mass is 16.5. The van der Waals surface area contributed by atoms with Gasteiger partial charge in [0, 0.05) is 37.0 Å². The number of benzene rings is 1. The zero-order valence-corrected chi connectivity index (χ0v) is 13.7. The molecule has 1 atom stereocenters. The number of aliphatic carboxylic acids is 1. The van der Waals surface area contributed by atoms with Gasteiger partial charge in [-0.2, -0.15) is 0 Å². The molecule has 3 heterocycles. The molecule has 7 nitrogen and oxygen atoms in total. The summed E-state index contributed by atoms with van der Waals surface area (Å²) in [7, 11) is 0. The second kappa shape index (κ2) is 6.44. The summed E-state index contributed by atoms with van der Waals surface area (Å²) in [5.74, 6) is -1.10.